The van der Waals surface area contributed by atoms with Gasteiger partial charge in [0, 0.05) is 13.0 Å². The summed E-state index contributed by atoms with van der Waals surface area (Å²) in [5, 5.41) is 9.72. The highest BCUT2D eigenvalue weighted by atomic mass is 16.5. The Morgan fingerprint density at radius 3 is 2.56 bits per heavy atom. The Balaban J connectivity index is 1.50. The molecule has 1 fully saturated rings. The van der Waals surface area contributed by atoms with E-state index in [2.05, 4.69) is 15.7 Å². The number of anilines is 2. The molecule has 32 heavy (non-hydrogen) atoms. The number of carbonyl (C=O) groups is 3. The Bertz CT molecular complexity index is 965. The number of nitrogens with one attached hydrogen (secondary N) is 2. The third-order valence-electron chi connectivity index (χ3n) is 5.38. The van der Waals surface area contributed by atoms with Crippen LogP contribution in [0.5, 0.6) is 5.75 Å². The Morgan fingerprint density at radius 1 is 1.16 bits per heavy atom. The number of para-hydroxylation sites is 2. The maximum atomic E-state index is 12.7. The van der Waals surface area contributed by atoms with Gasteiger partial charge in [-0.25, -0.2) is 4.79 Å². The van der Waals surface area contributed by atoms with E-state index in [0.29, 0.717) is 43.2 Å². The number of esters is 1. The smallest absolute Gasteiger partial charge is 0.343 e. The fraction of sp³-hybridized carbons (Fsp3) is 0.455. The second-order valence-corrected chi connectivity index (χ2v) is 7.54. The SMILES string of the molecule is CCOC(=O)c1cnn(C)c1NC(=O)CN1CCC(C(=O)Nc2ccccc2OC)CC1. The minimum absolute atomic E-state index is 0.0486. The van der Waals surface area contributed by atoms with Crippen LogP contribution < -0.4 is 15.4 Å². The zero-order valence-corrected chi connectivity index (χ0v) is 18.6. The molecule has 0 unspecified atom stereocenters. The number of aryl methyl sites for hydroxylation is 1. The van der Waals surface area contributed by atoms with E-state index in [4.69, 9.17) is 9.47 Å². The van der Waals surface area contributed by atoms with Gasteiger partial charge in [0.05, 0.1) is 32.1 Å². The predicted molar refractivity (Wildman–Crippen MR) is 119 cm³/mol. The number of rotatable bonds is 8. The van der Waals surface area contributed by atoms with E-state index in [9.17, 15) is 14.4 Å². The van der Waals surface area contributed by atoms with Crippen LogP contribution in [0.1, 0.15) is 30.1 Å². The number of carbonyl (C=O) groups excluding carboxylic acids is 3. The fourth-order valence-electron chi connectivity index (χ4n) is 3.65. The highest BCUT2D eigenvalue weighted by Crippen LogP contribution is 2.26. The van der Waals surface area contributed by atoms with Gasteiger partial charge in [-0.3, -0.25) is 19.2 Å². The van der Waals surface area contributed by atoms with Gasteiger partial charge in [0.15, 0.2) is 0 Å². The summed E-state index contributed by atoms with van der Waals surface area (Å²) >= 11 is 0. The second-order valence-electron chi connectivity index (χ2n) is 7.54. The zero-order valence-electron chi connectivity index (χ0n) is 18.6. The van der Waals surface area contributed by atoms with Crippen molar-refractivity contribution >= 4 is 29.3 Å². The lowest BCUT2D eigenvalue weighted by atomic mass is 9.95. The van der Waals surface area contributed by atoms with Crippen LogP contribution in [0.3, 0.4) is 0 Å². The molecular formula is C22H29N5O5. The third-order valence-corrected chi connectivity index (χ3v) is 5.38. The number of aromatic nitrogens is 2. The van der Waals surface area contributed by atoms with Crippen molar-refractivity contribution in [3.05, 3.63) is 36.0 Å². The molecule has 1 aromatic carbocycles. The number of ether oxygens (including phenoxy) is 2. The average molecular weight is 444 g/mol. The Morgan fingerprint density at radius 2 is 1.88 bits per heavy atom. The minimum atomic E-state index is -0.530. The Hall–Kier alpha value is -3.40. The van der Waals surface area contributed by atoms with Gasteiger partial charge < -0.3 is 20.1 Å². The molecule has 10 nitrogen and oxygen atoms in total. The van der Waals surface area contributed by atoms with E-state index >= 15 is 0 Å². The quantitative estimate of drug-likeness (QED) is 0.599. The molecule has 0 spiro atoms. The van der Waals surface area contributed by atoms with Crippen molar-refractivity contribution in [2.24, 2.45) is 13.0 Å². The number of likely N-dealkylation sites (tertiary alicyclic amines) is 1. The molecule has 1 aliphatic heterocycles. The molecule has 2 N–H and O–H groups in total. The molecule has 2 aromatic rings. The summed E-state index contributed by atoms with van der Waals surface area (Å²) in [6.45, 7) is 3.35. The molecule has 1 aliphatic rings. The first-order chi connectivity index (χ1) is 15.4. The van der Waals surface area contributed by atoms with Crippen molar-refractivity contribution < 1.29 is 23.9 Å². The molecule has 2 amide bonds. The minimum Gasteiger partial charge on any atom is -0.495 e. The maximum Gasteiger partial charge on any atom is 0.343 e. The first-order valence-electron chi connectivity index (χ1n) is 10.6. The molecule has 1 aromatic heterocycles. The van der Waals surface area contributed by atoms with Crippen LogP contribution in [-0.2, 0) is 21.4 Å². The predicted octanol–water partition coefficient (Wildman–Crippen LogP) is 1.89. The van der Waals surface area contributed by atoms with Gasteiger partial charge in [-0.05, 0) is 45.0 Å². The summed E-state index contributed by atoms with van der Waals surface area (Å²) in [5.74, 6) is -0.0417. The average Bonchev–Trinajstić information content (AvgIpc) is 3.14. The van der Waals surface area contributed by atoms with Crippen molar-refractivity contribution in [1.82, 2.24) is 14.7 Å². The fourth-order valence-corrected chi connectivity index (χ4v) is 3.65. The van der Waals surface area contributed by atoms with Gasteiger partial charge in [0.2, 0.25) is 11.8 Å². The Kier molecular flexibility index (Phi) is 7.82. The standard InChI is InChI=1S/C22H29N5O5/c1-4-32-22(30)16-13-23-26(2)20(16)25-19(28)14-27-11-9-15(10-12-27)21(29)24-17-7-5-6-8-18(17)31-3/h5-8,13,15H,4,9-12,14H2,1-3H3,(H,24,29)(H,25,28). The molecule has 0 atom stereocenters. The van der Waals surface area contributed by atoms with E-state index in [1.165, 1.54) is 10.9 Å². The summed E-state index contributed by atoms with van der Waals surface area (Å²) in [5.41, 5.74) is 0.866. The summed E-state index contributed by atoms with van der Waals surface area (Å²) in [6.07, 6.45) is 2.67. The lowest BCUT2D eigenvalue weighted by Gasteiger charge is -2.30. The van der Waals surface area contributed by atoms with Gasteiger partial charge in [-0.1, -0.05) is 12.1 Å². The summed E-state index contributed by atoms with van der Waals surface area (Å²) in [4.78, 5) is 39.2. The van der Waals surface area contributed by atoms with E-state index in [0.717, 1.165) is 0 Å². The topological polar surface area (TPSA) is 115 Å². The molecule has 0 bridgehead atoms. The van der Waals surface area contributed by atoms with Gasteiger partial charge in [-0.2, -0.15) is 5.10 Å². The normalized spacial score (nSPS) is 14.6. The number of hydrogen-bond donors (Lipinski definition) is 2. The second kappa shape index (κ2) is 10.8. The summed E-state index contributed by atoms with van der Waals surface area (Å²) in [7, 11) is 3.21. The van der Waals surface area contributed by atoms with Crippen LogP contribution >= 0.6 is 0 Å². The first-order valence-corrected chi connectivity index (χ1v) is 10.6. The van der Waals surface area contributed by atoms with Crippen LogP contribution in [0.15, 0.2) is 30.5 Å². The van der Waals surface area contributed by atoms with Crippen molar-refractivity contribution in [1.29, 1.82) is 0 Å². The Labute approximate surface area is 186 Å². The highest BCUT2D eigenvalue weighted by molar-refractivity contribution is 6.00. The highest BCUT2D eigenvalue weighted by Gasteiger charge is 2.27. The largest absolute Gasteiger partial charge is 0.495 e. The van der Waals surface area contributed by atoms with Crippen molar-refractivity contribution in [3.8, 4) is 5.75 Å². The molecular weight excluding hydrogens is 414 g/mol. The van der Waals surface area contributed by atoms with Crippen molar-refractivity contribution in [2.45, 2.75) is 19.8 Å². The number of nitrogens with zero attached hydrogens (tertiary/aromatic N) is 3. The number of amides is 2. The maximum absolute atomic E-state index is 12.7. The van der Waals surface area contributed by atoms with Crippen molar-refractivity contribution in [3.63, 3.8) is 0 Å². The van der Waals surface area contributed by atoms with Crippen LogP contribution in [0, 0.1) is 5.92 Å². The zero-order chi connectivity index (χ0) is 23.1. The van der Waals surface area contributed by atoms with Crippen LogP contribution in [0.2, 0.25) is 0 Å². The lowest BCUT2D eigenvalue weighted by Crippen LogP contribution is -2.42. The van der Waals surface area contributed by atoms with E-state index in [1.807, 2.05) is 17.0 Å². The molecule has 10 heteroatoms. The summed E-state index contributed by atoms with van der Waals surface area (Å²) < 4.78 is 11.7. The monoisotopic (exact) mass is 443 g/mol. The number of benzene rings is 1. The van der Waals surface area contributed by atoms with Gasteiger partial charge in [-0.15, -0.1) is 0 Å². The van der Waals surface area contributed by atoms with E-state index < -0.39 is 5.97 Å². The number of piperidine rings is 1. The molecule has 172 valence electrons. The van der Waals surface area contributed by atoms with E-state index in [-0.39, 0.29) is 36.4 Å². The van der Waals surface area contributed by atoms with Gasteiger partial charge in [0.25, 0.3) is 0 Å². The van der Waals surface area contributed by atoms with Crippen molar-refractivity contribution in [2.75, 3.05) is 44.0 Å². The third kappa shape index (κ3) is 5.64. The van der Waals surface area contributed by atoms with Gasteiger partial charge >= 0.3 is 5.97 Å². The molecule has 0 radical (unpaired) electrons. The van der Waals surface area contributed by atoms with E-state index in [1.54, 1.807) is 33.2 Å². The van der Waals surface area contributed by atoms with Crippen LogP contribution in [-0.4, -0.2) is 65.8 Å². The summed E-state index contributed by atoms with van der Waals surface area (Å²) in [6, 6.07) is 7.29. The number of hydrogen-bond acceptors (Lipinski definition) is 7. The lowest BCUT2D eigenvalue weighted by molar-refractivity contribution is -0.121. The number of methoxy groups -OCH3 is 1. The molecule has 0 aliphatic carbocycles. The van der Waals surface area contributed by atoms with Crippen LogP contribution in [0.25, 0.3) is 0 Å². The van der Waals surface area contributed by atoms with Gasteiger partial charge in [0.1, 0.15) is 17.1 Å². The molecule has 2 heterocycles. The molecule has 0 saturated carbocycles. The van der Waals surface area contributed by atoms with Crippen LogP contribution in [0.4, 0.5) is 11.5 Å². The first kappa shape index (κ1) is 23.3. The molecule has 1 saturated heterocycles. The molecule has 3 rings (SSSR count).